The lowest BCUT2D eigenvalue weighted by Crippen LogP contribution is -2.37. The fourth-order valence-electron chi connectivity index (χ4n) is 2.07. The molecular formula is C17H25NO3. The lowest BCUT2D eigenvalue weighted by atomic mass is 10.0. The molecule has 1 atom stereocenters. The normalized spacial score (nSPS) is 12.6. The van der Waals surface area contributed by atoms with Crippen LogP contribution in [-0.2, 0) is 4.79 Å². The molecule has 1 rings (SSSR count). The van der Waals surface area contributed by atoms with Gasteiger partial charge in [-0.2, -0.15) is 0 Å². The number of benzene rings is 1. The van der Waals surface area contributed by atoms with E-state index in [1.54, 1.807) is 6.08 Å². The minimum Gasteiger partial charge on any atom is -0.493 e. The van der Waals surface area contributed by atoms with Crippen LogP contribution in [-0.4, -0.2) is 30.3 Å². The summed E-state index contributed by atoms with van der Waals surface area (Å²) in [4.78, 5) is 11.9. The second-order valence-electron chi connectivity index (χ2n) is 5.32. The minimum atomic E-state index is -0.207. The second kappa shape index (κ2) is 9.19. The van der Waals surface area contributed by atoms with Crippen LogP contribution in [0.5, 0.6) is 5.75 Å². The van der Waals surface area contributed by atoms with E-state index in [1.807, 2.05) is 31.2 Å². The molecule has 0 aliphatic rings. The number of hydrogen-bond acceptors (Lipinski definition) is 3. The Kier molecular flexibility index (Phi) is 7.54. The van der Waals surface area contributed by atoms with E-state index in [9.17, 15) is 9.90 Å². The quantitative estimate of drug-likeness (QED) is 0.724. The number of hydrogen-bond donors (Lipinski definition) is 2. The van der Waals surface area contributed by atoms with Gasteiger partial charge >= 0.3 is 0 Å². The molecule has 0 aliphatic carbocycles. The van der Waals surface area contributed by atoms with Crippen LogP contribution in [0.15, 0.2) is 30.3 Å². The molecule has 1 aromatic rings. The smallest absolute Gasteiger partial charge is 0.244 e. The third-order valence-electron chi connectivity index (χ3n) is 2.96. The SMILES string of the molecule is CCOc1ccccc1C=CC(=O)NC(CO)CC(C)C. The maximum atomic E-state index is 11.9. The fourth-order valence-corrected chi connectivity index (χ4v) is 2.07. The molecule has 0 aromatic heterocycles. The summed E-state index contributed by atoms with van der Waals surface area (Å²) in [5.74, 6) is 0.969. The Balaban J connectivity index is 2.65. The molecular weight excluding hydrogens is 266 g/mol. The number of carbonyl (C=O) groups is 1. The molecule has 0 spiro atoms. The third kappa shape index (κ3) is 6.45. The van der Waals surface area contributed by atoms with Crippen LogP contribution in [0.25, 0.3) is 6.08 Å². The van der Waals surface area contributed by atoms with Gasteiger partial charge in [0.2, 0.25) is 5.91 Å². The highest BCUT2D eigenvalue weighted by Gasteiger charge is 2.11. The maximum absolute atomic E-state index is 11.9. The highest BCUT2D eigenvalue weighted by atomic mass is 16.5. The molecule has 21 heavy (non-hydrogen) atoms. The van der Waals surface area contributed by atoms with Gasteiger partial charge in [-0.15, -0.1) is 0 Å². The zero-order valence-corrected chi connectivity index (χ0v) is 13.0. The molecule has 4 nitrogen and oxygen atoms in total. The number of ether oxygens (including phenoxy) is 1. The summed E-state index contributed by atoms with van der Waals surface area (Å²) in [5, 5.41) is 12.1. The van der Waals surface area contributed by atoms with E-state index < -0.39 is 0 Å². The third-order valence-corrected chi connectivity index (χ3v) is 2.96. The van der Waals surface area contributed by atoms with E-state index in [0.717, 1.165) is 17.7 Å². The summed E-state index contributed by atoms with van der Waals surface area (Å²) in [7, 11) is 0. The van der Waals surface area contributed by atoms with Crippen molar-refractivity contribution in [3.05, 3.63) is 35.9 Å². The van der Waals surface area contributed by atoms with Gasteiger partial charge in [0, 0.05) is 11.6 Å². The summed E-state index contributed by atoms with van der Waals surface area (Å²) in [5.41, 5.74) is 0.860. The van der Waals surface area contributed by atoms with Crippen molar-refractivity contribution in [2.75, 3.05) is 13.2 Å². The van der Waals surface area contributed by atoms with Crippen molar-refractivity contribution in [1.82, 2.24) is 5.32 Å². The van der Waals surface area contributed by atoms with Gasteiger partial charge < -0.3 is 15.2 Å². The summed E-state index contributed by atoms with van der Waals surface area (Å²) < 4.78 is 5.50. The predicted octanol–water partition coefficient (Wildman–Crippen LogP) is 2.62. The van der Waals surface area contributed by atoms with Crippen molar-refractivity contribution in [3.8, 4) is 5.75 Å². The van der Waals surface area contributed by atoms with Gasteiger partial charge in [-0.1, -0.05) is 32.0 Å². The van der Waals surface area contributed by atoms with E-state index in [-0.39, 0.29) is 18.6 Å². The Labute approximate surface area is 126 Å². The van der Waals surface area contributed by atoms with Crippen molar-refractivity contribution in [3.63, 3.8) is 0 Å². The monoisotopic (exact) mass is 291 g/mol. The van der Waals surface area contributed by atoms with Crippen molar-refractivity contribution in [2.45, 2.75) is 33.2 Å². The van der Waals surface area contributed by atoms with Crippen LogP contribution in [0.3, 0.4) is 0 Å². The first-order valence-corrected chi connectivity index (χ1v) is 7.38. The van der Waals surface area contributed by atoms with E-state index in [1.165, 1.54) is 6.08 Å². The fraction of sp³-hybridized carbons (Fsp3) is 0.471. The van der Waals surface area contributed by atoms with Crippen molar-refractivity contribution in [2.24, 2.45) is 5.92 Å². The van der Waals surface area contributed by atoms with Gasteiger partial charge in [0.1, 0.15) is 5.75 Å². The molecule has 116 valence electrons. The Bertz CT molecular complexity index is 469. The molecule has 0 saturated carbocycles. The summed E-state index contributed by atoms with van der Waals surface area (Å²) in [6, 6.07) is 7.36. The average Bonchev–Trinajstić information content (AvgIpc) is 2.45. The van der Waals surface area contributed by atoms with Crippen LogP contribution in [0, 0.1) is 5.92 Å². The summed E-state index contributed by atoms with van der Waals surface area (Å²) >= 11 is 0. The largest absolute Gasteiger partial charge is 0.493 e. The number of rotatable bonds is 8. The Morgan fingerprint density at radius 3 is 2.71 bits per heavy atom. The van der Waals surface area contributed by atoms with Gasteiger partial charge in [-0.05, 0) is 31.4 Å². The van der Waals surface area contributed by atoms with Crippen molar-refractivity contribution < 1.29 is 14.6 Å². The van der Waals surface area contributed by atoms with Gasteiger partial charge in [0.05, 0.1) is 19.3 Å². The van der Waals surface area contributed by atoms with Gasteiger partial charge in [0.15, 0.2) is 0 Å². The van der Waals surface area contributed by atoms with Gasteiger partial charge in [-0.25, -0.2) is 0 Å². The number of aliphatic hydroxyl groups excluding tert-OH is 1. The number of para-hydroxylation sites is 1. The van der Waals surface area contributed by atoms with E-state index in [4.69, 9.17) is 4.74 Å². The first-order chi connectivity index (χ1) is 10.1. The summed E-state index contributed by atoms with van der Waals surface area (Å²) in [6.45, 7) is 6.57. The molecule has 0 bridgehead atoms. The van der Waals surface area contributed by atoms with Crippen LogP contribution >= 0.6 is 0 Å². The molecule has 0 fully saturated rings. The lowest BCUT2D eigenvalue weighted by molar-refractivity contribution is -0.117. The van der Waals surface area contributed by atoms with Crippen molar-refractivity contribution in [1.29, 1.82) is 0 Å². The highest BCUT2D eigenvalue weighted by Crippen LogP contribution is 2.19. The number of aliphatic hydroxyl groups is 1. The van der Waals surface area contributed by atoms with Gasteiger partial charge in [-0.3, -0.25) is 4.79 Å². The molecule has 0 radical (unpaired) electrons. The molecule has 0 aliphatic heterocycles. The second-order valence-corrected chi connectivity index (χ2v) is 5.32. The van der Waals surface area contributed by atoms with Crippen LogP contribution in [0.2, 0.25) is 0 Å². The Morgan fingerprint density at radius 1 is 1.38 bits per heavy atom. The van der Waals surface area contributed by atoms with E-state index in [0.29, 0.717) is 12.5 Å². The minimum absolute atomic E-state index is 0.0483. The molecule has 1 aromatic carbocycles. The zero-order chi connectivity index (χ0) is 15.7. The predicted molar refractivity (Wildman–Crippen MR) is 85.1 cm³/mol. The van der Waals surface area contributed by atoms with Crippen molar-refractivity contribution >= 4 is 12.0 Å². The van der Waals surface area contributed by atoms with Crippen LogP contribution in [0.4, 0.5) is 0 Å². The zero-order valence-electron chi connectivity index (χ0n) is 13.0. The average molecular weight is 291 g/mol. The van der Waals surface area contributed by atoms with Crippen LogP contribution in [0.1, 0.15) is 32.8 Å². The first-order valence-electron chi connectivity index (χ1n) is 7.38. The first kappa shape index (κ1) is 17.2. The Morgan fingerprint density at radius 2 is 2.10 bits per heavy atom. The molecule has 0 saturated heterocycles. The lowest BCUT2D eigenvalue weighted by Gasteiger charge is -2.17. The molecule has 0 heterocycles. The number of amides is 1. The van der Waals surface area contributed by atoms with E-state index >= 15 is 0 Å². The number of nitrogens with one attached hydrogen (secondary N) is 1. The molecule has 4 heteroatoms. The van der Waals surface area contributed by atoms with Gasteiger partial charge in [0.25, 0.3) is 0 Å². The maximum Gasteiger partial charge on any atom is 0.244 e. The molecule has 2 N–H and O–H groups in total. The molecule has 1 amide bonds. The van der Waals surface area contributed by atoms with Crippen LogP contribution < -0.4 is 10.1 Å². The standard InChI is InChI=1S/C17H25NO3/c1-4-21-16-8-6-5-7-14(16)9-10-17(20)18-15(12-19)11-13(2)3/h5-10,13,15,19H,4,11-12H2,1-3H3,(H,18,20). The summed E-state index contributed by atoms with van der Waals surface area (Å²) in [6.07, 6.45) is 3.95. The highest BCUT2D eigenvalue weighted by molar-refractivity contribution is 5.92. The molecule has 1 unspecified atom stereocenters. The number of carbonyl (C=O) groups excluding carboxylic acids is 1. The Hall–Kier alpha value is -1.81. The van der Waals surface area contributed by atoms with E-state index in [2.05, 4.69) is 19.2 Å². The topological polar surface area (TPSA) is 58.6 Å².